The van der Waals surface area contributed by atoms with Gasteiger partial charge in [-0.25, -0.2) is 4.98 Å². The summed E-state index contributed by atoms with van der Waals surface area (Å²) >= 11 is 1.48. The van der Waals surface area contributed by atoms with Crippen LogP contribution in [-0.2, 0) is 5.54 Å². The van der Waals surface area contributed by atoms with Crippen molar-refractivity contribution in [2.45, 2.75) is 45.1 Å². The maximum Gasteiger partial charge on any atom is 0.171 e. The Hall–Kier alpha value is -0.450. The van der Waals surface area contributed by atoms with Crippen molar-refractivity contribution in [3.8, 4) is 0 Å². The van der Waals surface area contributed by atoms with Crippen molar-refractivity contribution in [2.24, 2.45) is 5.73 Å². The van der Waals surface area contributed by atoms with Gasteiger partial charge in [-0.05, 0) is 19.8 Å². The maximum absolute atomic E-state index is 11.3. The first-order valence-electron chi connectivity index (χ1n) is 5.31. The average molecular weight is 261 g/mol. The van der Waals surface area contributed by atoms with Crippen LogP contribution >= 0.6 is 23.7 Å². The molecule has 1 aromatic heterocycles. The van der Waals surface area contributed by atoms with E-state index in [2.05, 4.69) is 4.98 Å². The highest BCUT2D eigenvalue weighted by atomic mass is 35.5. The Balaban J connectivity index is 0.00000128. The number of halogens is 1. The smallest absolute Gasteiger partial charge is 0.171 e. The number of Topliss-reactive ketones (excluding diaryl/α,β-unsaturated/α-hetero) is 1. The third-order valence-electron chi connectivity index (χ3n) is 3.04. The van der Waals surface area contributed by atoms with E-state index in [1.165, 1.54) is 24.2 Å². The minimum atomic E-state index is -0.261. The van der Waals surface area contributed by atoms with E-state index in [0.29, 0.717) is 0 Å². The zero-order chi connectivity index (χ0) is 11.1. The zero-order valence-corrected chi connectivity index (χ0v) is 11.2. The Morgan fingerprint density at radius 3 is 2.44 bits per heavy atom. The van der Waals surface area contributed by atoms with E-state index in [4.69, 9.17) is 5.73 Å². The van der Waals surface area contributed by atoms with Crippen LogP contribution < -0.4 is 5.73 Å². The monoisotopic (exact) mass is 260 g/mol. The molecule has 3 nitrogen and oxygen atoms in total. The summed E-state index contributed by atoms with van der Waals surface area (Å²) in [6, 6.07) is 0. The molecule has 0 aliphatic heterocycles. The molecular formula is C11H17ClN2OS. The number of carbonyl (C=O) groups is 1. The highest BCUT2D eigenvalue weighted by Crippen LogP contribution is 2.38. The predicted octanol–water partition coefficient (Wildman–Crippen LogP) is 2.80. The molecule has 0 radical (unpaired) electrons. The fourth-order valence-corrected chi connectivity index (χ4v) is 3.28. The van der Waals surface area contributed by atoms with Crippen LogP contribution in [0.2, 0.25) is 0 Å². The number of aromatic nitrogens is 1. The third kappa shape index (κ3) is 2.29. The summed E-state index contributed by atoms with van der Waals surface area (Å²) in [5, 5.41) is 0.947. The van der Waals surface area contributed by atoms with Gasteiger partial charge in [0.15, 0.2) is 5.78 Å². The van der Waals surface area contributed by atoms with Crippen LogP contribution in [-0.4, -0.2) is 10.8 Å². The molecule has 1 aliphatic carbocycles. The Morgan fingerprint density at radius 1 is 1.44 bits per heavy atom. The van der Waals surface area contributed by atoms with Crippen LogP contribution in [0.3, 0.4) is 0 Å². The lowest BCUT2D eigenvalue weighted by atomic mass is 10.0. The van der Waals surface area contributed by atoms with Gasteiger partial charge in [0.2, 0.25) is 0 Å². The highest BCUT2D eigenvalue weighted by Gasteiger charge is 2.35. The number of hydrogen-bond donors (Lipinski definition) is 1. The van der Waals surface area contributed by atoms with Gasteiger partial charge in [0.1, 0.15) is 5.01 Å². The molecule has 2 rings (SSSR count). The molecule has 0 aromatic carbocycles. The second-order valence-electron chi connectivity index (χ2n) is 4.35. The highest BCUT2D eigenvalue weighted by molar-refractivity contribution is 7.14. The SMILES string of the molecule is CC(=O)c1sc(C2(N)CCCC2)nc1C.Cl. The number of nitrogens with zero attached hydrogens (tertiary/aromatic N) is 1. The van der Waals surface area contributed by atoms with Crippen LogP contribution in [0.1, 0.15) is 53.0 Å². The zero-order valence-electron chi connectivity index (χ0n) is 9.58. The number of aryl methyl sites for hydroxylation is 1. The standard InChI is InChI=1S/C11H16N2OS.ClH/c1-7-9(8(2)14)15-10(13-7)11(12)5-3-4-6-11;/h3-6,12H2,1-2H3;1H. The fourth-order valence-electron chi connectivity index (χ4n) is 2.16. The van der Waals surface area contributed by atoms with E-state index in [9.17, 15) is 4.79 Å². The number of hydrogen-bond acceptors (Lipinski definition) is 4. The number of nitrogens with two attached hydrogens (primary N) is 1. The van der Waals surface area contributed by atoms with Crippen molar-refractivity contribution < 1.29 is 4.79 Å². The maximum atomic E-state index is 11.3. The second kappa shape index (κ2) is 4.82. The molecule has 0 amide bonds. The molecule has 1 saturated carbocycles. The molecule has 1 fully saturated rings. The van der Waals surface area contributed by atoms with Gasteiger partial charge >= 0.3 is 0 Å². The molecule has 0 atom stereocenters. The molecule has 0 unspecified atom stereocenters. The van der Waals surface area contributed by atoms with Crippen molar-refractivity contribution in [2.75, 3.05) is 0 Å². The minimum absolute atomic E-state index is 0. The molecule has 90 valence electrons. The molecule has 1 aliphatic rings. The van der Waals surface area contributed by atoms with Crippen molar-refractivity contribution in [3.05, 3.63) is 15.6 Å². The van der Waals surface area contributed by atoms with E-state index in [1.807, 2.05) is 6.92 Å². The third-order valence-corrected chi connectivity index (χ3v) is 4.52. The summed E-state index contributed by atoms with van der Waals surface area (Å²) in [5.41, 5.74) is 6.87. The first-order chi connectivity index (χ1) is 7.03. The summed E-state index contributed by atoms with van der Waals surface area (Å²) in [5.74, 6) is 0.0952. The summed E-state index contributed by atoms with van der Waals surface area (Å²) < 4.78 is 0. The largest absolute Gasteiger partial charge is 0.319 e. The lowest BCUT2D eigenvalue weighted by Gasteiger charge is -2.19. The van der Waals surface area contributed by atoms with E-state index in [0.717, 1.165) is 28.4 Å². The molecule has 0 bridgehead atoms. The van der Waals surface area contributed by atoms with Crippen molar-refractivity contribution in [3.63, 3.8) is 0 Å². The molecule has 0 saturated heterocycles. The number of ketones is 1. The van der Waals surface area contributed by atoms with Gasteiger partial charge in [-0.1, -0.05) is 12.8 Å². The summed E-state index contributed by atoms with van der Waals surface area (Å²) in [7, 11) is 0. The van der Waals surface area contributed by atoms with Crippen LogP contribution in [0.4, 0.5) is 0 Å². The topological polar surface area (TPSA) is 56.0 Å². The van der Waals surface area contributed by atoms with Gasteiger partial charge < -0.3 is 5.73 Å². The molecule has 1 aromatic rings. The summed E-state index contributed by atoms with van der Waals surface area (Å²) in [6.45, 7) is 3.47. The molecular weight excluding hydrogens is 244 g/mol. The van der Waals surface area contributed by atoms with Crippen LogP contribution in [0.15, 0.2) is 0 Å². The van der Waals surface area contributed by atoms with Gasteiger partial charge in [0, 0.05) is 6.92 Å². The van der Waals surface area contributed by atoms with Gasteiger partial charge in [0.05, 0.1) is 16.1 Å². The molecule has 16 heavy (non-hydrogen) atoms. The van der Waals surface area contributed by atoms with Gasteiger partial charge in [-0.15, -0.1) is 23.7 Å². The van der Waals surface area contributed by atoms with Gasteiger partial charge in [0.25, 0.3) is 0 Å². The fraction of sp³-hybridized carbons (Fsp3) is 0.636. The van der Waals surface area contributed by atoms with Crippen LogP contribution in [0, 0.1) is 6.92 Å². The molecule has 5 heteroatoms. The van der Waals surface area contributed by atoms with Crippen molar-refractivity contribution in [1.82, 2.24) is 4.98 Å². The minimum Gasteiger partial charge on any atom is -0.319 e. The van der Waals surface area contributed by atoms with Crippen molar-refractivity contribution in [1.29, 1.82) is 0 Å². The Labute approximate surface area is 106 Å². The quantitative estimate of drug-likeness (QED) is 0.832. The average Bonchev–Trinajstić information content (AvgIpc) is 2.72. The first-order valence-corrected chi connectivity index (χ1v) is 6.12. The Morgan fingerprint density at radius 2 is 2.00 bits per heavy atom. The predicted molar refractivity (Wildman–Crippen MR) is 68.4 cm³/mol. The summed E-state index contributed by atoms with van der Waals surface area (Å²) in [6.07, 6.45) is 4.34. The van der Waals surface area contributed by atoms with Gasteiger partial charge in [-0.3, -0.25) is 4.79 Å². The van der Waals surface area contributed by atoms with Crippen LogP contribution in [0.5, 0.6) is 0 Å². The van der Waals surface area contributed by atoms with Gasteiger partial charge in [-0.2, -0.15) is 0 Å². The molecule has 0 spiro atoms. The van der Waals surface area contributed by atoms with E-state index in [-0.39, 0.29) is 23.7 Å². The molecule has 1 heterocycles. The normalized spacial score (nSPS) is 18.2. The number of rotatable bonds is 2. The van der Waals surface area contributed by atoms with E-state index >= 15 is 0 Å². The van der Waals surface area contributed by atoms with Crippen molar-refractivity contribution >= 4 is 29.5 Å². The summed E-state index contributed by atoms with van der Waals surface area (Å²) in [4.78, 5) is 16.6. The Bertz CT molecular complexity index is 397. The number of carbonyl (C=O) groups excluding carboxylic acids is 1. The second-order valence-corrected chi connectivity index (χ2v) is 5.35. The lowest BCUT2D eigenvalue weighted by Crippen LogP contribution is -2.32. The molecule has 2 N–H and O–H groups in total. The lowest BCUT2D eigenvalue weighted by molar-refractivity contribution is 0.102. The van der Waals surface area contributed by atoms with Crippen LogP contribution in [0.25, 0.3) is 0 Å². The number of thiazole rings is 1. The first kappa shape index (κ1) is 13.6. The Kier molecular flexibility index (Phi) is 4.10. The van der Waals surface area contributed by atoms with E-state index in [1.54, 1.807) is 6.92 Å². The van der Waals surface area contributed by atoms with E-state index < -0.39 is 0 Å².